The Morgan fingerprint density at radius 1 is 0.800 bits per heavy atom. The molecule has 2 amide bonds. The summed E-state index contributed by atoms with van der Waals surface area (Å²) in [4.78, 5) is 41.9. The van der Waals surface area contributed by atoms with Crippen LogP contribution in [0, 0.1) is 6.92 Å². The van der Waals surface area contributed by atoms with Crippen molar-refractivity contribution in [1.82, 2.24) is 9.47 Å². The third-order valence-corrected chi connectivity index (χ3v) is 6.38. The molecule has 0 atom stereocenters. The fourth-order valence-corrected chi connectivity index (χ4v) is 4.56. The Balaban J connectivity index is 1.62. The summed E-state index contributed by atoms with van der Waals surface area (Å²) in [5.74, 6) is 0.0177. The first-order valence-electron chi connectivity index (χ1n) is 11.3. The summed E-state index contributed by atoms with van der Waals surface area (Å²) in [6.45, 7) is 2.21. The van der Waals surface area contributed by atoms with E-state index in [0.717, 1.165) is 16.5 Å². The number of aromatic nitrogens is 1. The number of amides is 2. The molecule has 0 bridgehead atoms. The predicted octanol–water partition coefficient (Wildman–Crippen LogP) is 4.49. The van der Waals surface area contributed by atoms with E-state index in [4.69, 9.17) is 9.47 Å². The summed E-state index contributed by atoms with van der Waals surface area (Å²) in [6, 6.07) is 19.1. The molecule has 0 fully saturated rings. The number of nitrogens with zero attached hydrogens (tertiary/aromatic N) is 2. The highest BCUT2D eigenvalue weighted by molar-refractivity contribution is 6.17. The Bertz CT molecular complexity index is 1470. The van der Waals surface area contributed by atoms with Crippen LogP contribution in [0.5, 0.6) is 11.5 Å². The Morgan fingerprint density at radius 3 is 1.94 bits per heavy atom. The van der Waals surface area contributed by atoms with Crippen molar-refractivity contribution in [3.8, 4) is 11.5 Å². The van der Waals surface area contributed by atoms with Crippen LogP contribution in [0.25, 0.3) is 10.9 Å². The molecule has 0 aliphatic carbocycles. The smallest absolute Gasteiger partial charge is 0.278 e. The van der Waals surface area contributed by atoms with Crippen LogP contribution in [-0.4, -0.2) is 48.0 Å². The van der Waals surface area contributed by atoms with Gasteiger partial charge in [-0.15, -0.1) is 0 Å². The topological polar surface area (TPSA) is 77.8 Å². The van der Waals surface area contributed by atoms with Crippen LogP contribution in [-0.2, 0) is 6.42 Å². The fourth-order valence-electron chi connectivity index (χ4n) is 4.56. The monoisotopic (exact) mass is 468 g/mol. The second kappa shape index (κ2) is 8.76. The molecule has 0 radical (unpaired) electrons. The van der Waals surface area contributed by atoms with Gasteiger partial charge in [-0.2, -0.15) is 0 Å². The molecule has 7 heteroatoms. The van der Waals surface area contributed by atoms with E-state index >= 15 is 0 Å². The van der Waals surface area contributed by atoms with Crippen LogP contribution in [0.15, 0.2) is 66.7 Å². The van der Waals surface area contributed by atoms with Gasteiger partial charge in [0, 0.05) is 23.1 Å². The highest BCUT2D eigenvalue weighted by Crippen LogP contribution is 2.33. The molecule has 7 nitrogen and oxygen atoms in total. The molecule has 1 aromatic heterocycles. The van der Waals surface area contributed by atoms with Gasteiger partial charge < -0.3 is 9.47 Å². The molecule has 1 aliphatic heterocycles. The minimum absolute atomic E-state index is 0.236. The molecule has 5 rings (SSSR count). The molecule has 3 aromatic carbocycles. The average molecular weight is 469 g/mol. The van der Waals surface area contributed by atoms with Gasteiger partial charge in [-0.1, -0.05) is 11.6 Å². The maximum Gasteiger partial charge on any atom is 0.278 e. The van der Waals surface area contributed by atoms with E-state index in [2.05, 4.69) is 0 Å². The highest BCUT2D eigenvalue weighted by Gasteiger charge is 2.36. The van der Waals surface area contributed by atoms with Crippen molar-refractivity contribution >= 4 is 28.6 Å². The van der Waals surface area contributed by atoms with Crippen molar-refractivity contribution in [2.45, 2.75) is 13.3 Å². The lowest BCUT2D eigenvalue weighted by molar-refractivity contribution is 0.0593. The largest absolute Gasteiger partial charge is 0.497 e. The van der Waals surface area contributed by atoms with Crippen LogP contribution in [0.1, 0.15) is 42.3 Å². The lowest BCUT2D eigenvalue weighted by Crippen LogP contribution is -2.43. The number of carbonyl (C=O) groups excluding carboxylic acids is 3. The third-order valence-electron chi connectivity index (χ3n) is 6.38. The van der Waals surface area contributed by atoms with E-state index in [1.165, 1.54) is 9.47 Å². The second-order valence-corrected chi connectivity index (χ2v) is 8.46. The molecule has 35 heavy (non-hydrogen) atoms. The molecule has 0 saturated heterocycles. The zero-order valence-electron chi connectivity index (χ0n) is 19.7. The fraction of sp³-hybridized carbons (Fsp3) is 0.179. The molecule has 4 aromatic rings. The zero-order valence-corrected chi connectivity index (χ0v) is 19.7. The Morgan fingerprint density at radius 2 is 1.37 bits per heavy atom. The van der Waals surface area contributed by atoms with Crippen molar-refractivity contribution in [3.63, 3.8) is 0 Å². The first-order chi connectivity index (χ1) is 16.9. The number of hydrogen-bond acceptors (Lipinski definition) is 5. The molecule has 0 spiro atoms. The van der Waals surface area contributed by atoms with E-state index < -0.39 is 11.8 Å². The lowest BCUT2D eigenvalue weighted by Gasteiger charge is -2.26. The number of methoxy groups -OCH3 is 2. The van der Waals surface area contributed by atoms with Crippen molar-refractivity contribution in [3.05, 3.63) is 94.7 Å². The van der Waals surface area contributed by atoms with Crippen LogP contribution < -0.4 is 9.47 Å². The number of hydrogen-bond donors (Lipinski definition) is 0. The number of benzene rings is 3. The molecule has 176 valence electrons. The first-order valence-corrected chi connectivity index (χ1v) is 11.3. The summed E-state index contributed by atoms with van der Waals surface area (Å²) in [7, 11) is 3.11. The molecule has 0 saturated carbocycles. The van der Waals surface area contributed by atoms with Crippen LogP contribution >= 0.6 is 0 Å². The van der Waals surface area contributed by atoms with Gasteiger partial charge in [-0.3, -0.25) is 23.9 Å². The zero-order chi connectivity index (χ0) is 24.7. The second-order valence-electron chi connectivity index (χ2n) is 8.46. The quantitative estimate of drug-likeness (QED) is 0.413. The molecular formula is C28H24N2O5. The highest BCUT2D eigenvalue weighted by atomic mass is 16.5. The number of imide groups is 1. The first kappa shape index (κ1) is 22.4. The van der Waals surface area contributed by atoms with Crippen LogP contribution in [0.2, 0.25) is 0 Å². The van der Waals surface area contributed by atoms with E-state index in [9.17, 15) is 14.4 Å². The maximum absolute atomic E-state index is 13.8. The van der Waals surface area contributed by atoms with Gasteiger partial charge in [0.2, 0.25) is 0 Å². The lowest BCUT2D eigenvalue weighted by atomic mass is 10.0. The normalized spacial score (nSPS) is 13.0. The van der Waals surface area contributed by atoms with Gasteiger partial charge in [0.1, 0.15) is 17.2 Å². The number of rotatable bonds is 4. The molecular weight excluding hydrogens is 444 g/mol. The Kier molecular flexibility index (Phi) is 5.61. The Labute approximate surface area is 202 Å². The van der Waals surface area contributed by atoms with E-state index in [1.807, 2.05) is 25.1 Å². The van der Waals surface area contributed by atoms with Crippen LogP contribution in [0.3, 0.4) is 0 Å². The van der Waals surface area contributed by atoms with Crippen molar-refractivity contribution in [2.75, 3.05) is 20.8 Å². The molecule has 1 aliphatic rings. The maximum atomic E-state index is 13.8. The molecule has 0 N–H and O–H groups in total. The predicted molar refractivity (Wildman–Crippen MR) is 131 cm³/mol. The average Bonchev–Trinajstić information content (AvgIpc) is 3.22. The summed E-state index contributed by atoms with van der Waals surface area (Å²) >= 11 is 0. The molecule has 0 unspecified atom stereocenters. The van der Waals surface area contributed by atoms with E-state index in [-0.39, 0.29) is 18.1 Å². The summed E-state index contributed by atoms with van der Waals surface area (Å²) in [6.07, 6.45) is 0.464. The summed E-state index contributed by atoms with van der Waals surface area (Å²) < 4.78 is 11.8. The van der Waals surface area contributed by atoms with Gasteiger partial charge in [-0.25, -0.2) is 0 Å². The van der Waals surface area contributed by atoms with Gasteiger partial charge >= 0.3 is 0 Å². The Hall–Kier alpha value is -4.39. The van der Waals surface area contributed by atoms with Crippen molar-refractivity contribution in [1.29, 1.82) is 0 Å². The SMILES string of the molecule is COc1ccc(C(=O)N2CCc3c(n(C(=O)c4ccc(OC)cc4)c4ccc(C)cc34)C2=O)cc1. The van der Waals surface area contributed by atoms with Gasteiger partial charge in [-0.05, 0) is 79.6 Å². The van der Waals surface area contributed by atoms with E-state index in [0.29, 0.717) is 34.6 Å². The minimum atomic E-state index is -0.484. The van der Waals surface area contributed by atoms with Gasteiger partial charge in [0.25, 0.3) is 17.7 Å². The van der Waals surface area contributed by atoms with E-state index in [1.54, 1.807) is 62.8 Å². The van der Waals surface area contributed by atoms with Gasteiger partial charge in [0.15, 0.2) is 0 Å². The van der Waals surface area contributed by atoms with Crippen LogP contribution in [0.4, 0.5) is 0 Å². The third kappa shape index (κ3) is 3.75. The number of carbonyl (C=O) groups is 3. The molecule has 2 heterocycles. The number of ether oxygens (including phenoxy) is 2. The minimum Gasteiger partial charge on any atom is -0.497 e. The summed E-state index contributed by atoms with van der Waals surface area (Å²) in [5.41, 5.74) is 3.49. The summed E-state index contributed by atoms with van der Waals surface area (Å²) in [5, 5.41) is 0.853. The van der Waals surface area contributed by atoms with Gasteiger partial charge in [0.05, 0.1) is 19.7 Å². The van der Waals surface area contributed by atoms with Crippen molar-refractivity contribution < 1.29 is 23.9 Å². The standard InChI is InChI=1S/C28H24N2O5/c1-17-4-13-24-23(16-17)22-14-15-29(26(31)18-5-9-20(34-2)10-6-18)28(33)25(22)30(24)27(32)19-7-11-21(35-3)12-8-19/h4-13,16H,14-15H2,1-3H3. The number of fused-ring (bicyclic) bond motifs is 3. The van der Waals surface area contributed by atoms with Crippen molar-refractivity contribution in [2.24, 2.45) is 0 Å². The number of aryl methyl sites for hydroxylation is 1.